The minimum Gasteiger partial charge on any atom is -0.388 e. The average molecular weight is 206 g/mol. The Balaban J connectivity index is 1.79. The lowest BCUT2D eigenvalue weighted by atomic mass is 10.1. The topological polar surface area (TPSA) is 36.4 Å². The van der Waals surface area contributed by atoms with Gasteiger partial charge < -0.3 is 10.0 Å². The minimum atomic E-state index is -0.339. The number of likely N-dealkylation sites (tertiary alicyclic amines) is 1. The summed E-state index contributed by atoms with van der Waals surface area (Å²) in [6, 6.07) is 3.77. The Bertz CT molecular complexity index is 283. The number of pyridine rings is 1. The van der Waals surface area contributed by atoms with Crippen molar-refractivity contribution in [2.75, 3.05) is 19.6 Å². The molecule has 3 heteroatoms. The molecule has 0 spiro atoms. The number of aliphatic hydroxyl groups is 1. The molecule has 0 aromatic carbocycles. The first-order valence-electron chi connectivity index (χ1n) is 5.66. The lowest BCUT2D eigenvalue weighted by molar-refractivity contribution is 0.149. The fraction of sp³-hybridized carbons (Fsp3) is 0.583. The Labute approximate surface area is 90.8 Å². The molecule has 0 saturated carbocycles. The molecule has 82 valence electrons. The molecule has 1 aliphatic heterocycles. The first-order valence-corrected chi connectivity index (χ1v) is 5.66. The van der Waals surface area contributed by atoms with Gasteiger partial charge in [0, 0.05) is 18.9 Å². The third-order valence-electron chi connectivity index (χ3n) is 3.01. The van der Waals surface area contributed by atoms with Crippen molar-refractivity contribution < 1.29 is 5.11 Å². The summed E-state index contributed by atoms with van der Waals surface area (Å²) in [7, 11) is 0. The normalized spacial score (nSPS) is 19.3. The van der Waals surface area contributed by atoms with Crippen molar-refractivity contribution in [1.82, 2.24) is 9.88 Å². The van der Waals surface area contributed by atoms with Gasteiger partial charge in [0.15, 0.2) is 0 Å². The highest BCUT2D eigenvalue weighted by Gasteiger charge is 2.13. The molecule has 1 aromatic heterocycles. The van der Waals surface area contributed by atoms with Crippen LogP contribution in [0.1, 0.15) is 30.9 Å². The number of hydrogen-bond donors (Lipinski definition) is 1. The molecule has 0 aliphatic carbocycles. The van der Waals surface area contributed by atoms with E-state index >= 15 is 0 Å². The predicted molar refractivity (Wildman–Crippen MR) is 59.5 cm³/mol. The van der Waals surface area contributed by atoms with Gasteiger partial charge in [-0.2, -0.15) is 0 Å². The maximum absolute atomic E-state index is 9.93. The van der Waals surface area contributed by atoms with Crippen LogP contribution in [0.5, 0.6) is 0 Å². The third-order valence-corrected chi connectivity index (χ3v) is 3.01. The van der Waals surface area contributed by atoms with Crippen LogP contribution in [-0.2, 0) is 0 Å². The molecule has 2 heterocycles. The molecule has 0 radical (unpaired) electrons. The van der Waals surface area contributed by atoms with Crippen molar-refractivity contribution in [3.8, 4) is 0 Å². The molecule has 1 unspecified atom stereocenters. The predicted octanol–water partition coefficient (Wildman–Crippen LogP) is 1.60. The Morgan fingerprint density at radius 3 is 2.60 bits per heavy atom. The Morgan fingerprint density at radius 2 is 1.93 bits per heavy atom. The summed E-state index contributed by atoms with van der Waals surface area (Å²) in [5, 5.41) is 9.93. The number of hydrogen-bond acceptors (Lipinski definition) is 3. The van der Waals surface area contributed by atoms with E-state index in [1.165, 1.54) is 25.9 Å². The van der Waals surface area contributed by atoms with E-state index in [1.54, 1.807) is 12.4 Å². The van der Waals surface area contributed by atoms with Crippen molar-refractivity contribution >= 4 is 0 Å². The van der Waals surface area contributed by atoms with Gasteiger partial charge in [0.1, 0.15) is 0 Å². The maximum atomic E-state index is 9.93. The van der Waals surface area contributed by atoms with Gasteiger partial charge in [-0.15, -0.1) is 0 Å². The summed E-state index contributed by atoms with van der Waals surface area (Å²) in [4.78, 5) is 6.36. The Morgan fingerprint density at radius 1 is 1.27 bits per heavy atom. The van der Waals surface area contributed by atoms with Gasteiger partial charge in [-0.3, -0.25) is 4.98 Å². The van der Waals surface area contributed by atoms with Crippen LogP contribution in [-0.4, -0.2) is 34.6 Å². The highest BCUT2D eigenvalue weighted by Crippen LogP contribution is 2.17. The van der Waals surface area contributed by atoms with Crippen molar-refractivity contribution in [2.45, 2.75) is 25.4 Å². The van der Waals surface area contributed by atoms with Gasteiger partial charge >= 0.3 is 0 Å². The van der Waals surface area contributed by atoms with E-state index in [-0.39, 0.29) is 6.10 Å². The van der Waals surface area contributed by atoms with Gasteiger partial charge in [-0.25, -0.2) is 0 Å². The number of rotatable bonds is 4. The van der Waals surface area contributed by atoms with Crippen molar-refractivity contribution in [2.24, 2.45) is 0 Å². The summed E-state index contributed by atoms with van der Waals surface area (Å²) in [5.41, 5.74) is 0.976. The first kappa shape index (κ1) is 10.6. The van der Waals surface area contributed by atoms with E-state index in [1.807, 2.05) is 12.1 Å². The fourth-order valence-electron chi connectivity index (χ4n) is 2.06. The van der Waals surface area contributed by atoms with E-state index in [9.17, 15) is 5.11 Å². The van der Waals surface area contributed by atoms with E-state index < -0.39 is 0 Å². The molecule has 1 saturated heterocycles. The molecule has 1 aromatic rings. The standard InChI is InChI=1S/C12H18N2O/c15-12(11-3-6-13-7-4-11)5-10-14-8-1-2-9-14/h3-4,6-7,12,15H,1-2,5,8-10H2. The number of aliphatic hydroxyl groups excluding tert-OH is 1. The van der Waals surface area contributed by atoms with Gasteiger partial charge in [0.2, 0.25) is 0 Å². The van der Waals surface area contributed by atoms with E-state index in [0.717, 1.165) is 18.5 Å². The highest BCUT2D eigenvalue weighted by atomic mass is 16.3. The first-order chi connectivity index (χ1) is 7.36. The largest absolute Gasteiger partial charge is 0.388 e. The smallest absolute Gasteiger partial charge is 0.0803 e. The van der Waals surface area contributed by atoms with Gasteiger partial charge in [0.25, 0.3) is 0 Å². The third kappa shape index (κ3) is 3.01. The number of nitrogens with zero attached hydrogens (tertiary/aromatic N) is 2. The molecule has 1 fully saturated rings. The zero-order valence-corrected chi connectivity index (χ0v) is 8.97. The van der Waals surface area contributed by atoms with Crippen molar-refractivity contribution in [3.63, 3.8) is 0 Å². The van der Waals surface area contributed by atoms with Crippen LogP contribution in [0.15, 0.2) is 24.5 Å². The highest BCUT2D eigenvalue weighted by molar-refractivity contribution is 5.12. The summed E-state index contributed by atoms with van der Waals surface area (Å²) < 4.78 is 0. The summed E-state index contributed by atoms with van der Waals surface area (Å²) >= 11 is 0. The SMILES string of the molecule is OC(CCN1CCCC1)c1ccncc1. The quantitative estimate of drug-likeness (QED) is 0.813. The maximum Gasteiger partial charge on any atom is 0.0803 e. The lowest BCUT2D eigenvalue weighted by Gasteiger charge is -2.17. The molecule has 3 nitrogen and oxygen atoms in total. The van der Waals surface area contributed by atoms with E-state index in [4.69, 9.17) is 0 Å². The van der Waals surface area contributed by atoms with Crippen molar-refractivity contribution in [1.29, 1.82) is 0 Å². The second kappa shape index (κ2) is 5.24. The van der Waals surface area contributed by atoms with Gasteiger partial charge in [-0.1, -0.05) is 0 Å². The average Bonchev–Trinajstić information content (AvgIpc) is 2.80. The molecule has 1 aliphatic rings. The van der Waals surface area contributed by atoms with Crippen LogP contribution < -0.4 is 0 Å². The van der Waals surface area contributed by atoms with Crippen LogP contribution in [0.4, 0.5) is 0 Å². The van der Waals surface area contributed by atoms with Crippen LogP contribution in [0, 0.1) is 0 Å². The zero-order valence-electron chi connectivity index (χ0n) is 8.97. The molecule has 0 bridgehead atoms. The summed E-state index contributed by atoms with van der Waals surface area (Å²) in [6.07, 6.45) is 6.57. The molecule has 1 N–H and O–H groups in total. The monoisotopic (exact) mass is 206 g/mol. The molecule has 2 rings (SSSR count). The molecular weight excluding hydrogens is 188 g/mol. The molecular formula is C12H18N2O. The van der Waals surface area contributed by atoms with Crippen LogP contribution in [0.3, 0.4) is 0 Å². The summed E-state index contributed by atoms with van der Waals surface area (Å²) in [5.74, 6) is 0. The van der Waals surface area contributed by atoms with Crippen LogP contribution in [0.2, 0.25) is 0 Å². The fourth-order valence-corrected chi connectivity index (χ4v) is 2.06. The zero-order chi connectivity index (χ0) is 10.5. The van der Waals surface area contributed by atoms with Gasteiger partial charge in [0.05, 0.1) is 6.10 Å². The Kier molecular flexibility index (Phi) is 3.69. The lowest BCUT2D eigenvalue weighted by Crippen LogP contribution is -2.22. The molecule has 15 heavy (non-hydrogen) atoms. The van der Waals surface area contributed by atoms with E-state index in [0.29, 0.717) is 0 Å². The van der Waals surface area contributed by atoms with Gasteiger partial charge in [-0.05, 0) is 50.0 Å². The van der Waals surface area contributed by atoms with Crippen LogP contribution in [0.25, 0.3) is 0 Å². The minimum absolute atomic E-state index is 0.339. The van der Waals surface area contributed by atoms with Crippen molar-refractivity contribution in [3.05, 3.63) is 30.1 Å². The van der Waals surface area contributed by atoms with Crippen LogP contribution >= 0.6 is 0 Å². The second-order valence-electron chi connectivity index (χ2n) is 4.13. The second-order valence-corrected chi connectivity index (χ2v) is 4.13. The van der Waals surface area contributed by atoms with E-state index in [2.05, 4.69) is 9.88 Å². The molecule has 1 atom stereocenters. The summed E-state index contributed by atoms with van der Waals surface area (Å²) in [6.45, 7) is 3.40. The molecule has 0 amide bonds. The number of aromatic nitrogens is 1. The Hall–Kier alpha value is -0.930.